The van der Waals surface area contributed by atoms with Crippen molar-refractivity contribution in [3.63, 3.8) is 0 Å². The number of ether oxygens (including phenoxy) is 2. The van der Waals surface area contributed by atoms with Crippen molar-refractivity contribution in [2.75, 3.05) is 59.7 Å². The fraction of sp³-hybridized carbons (Fsp3) is 0.864. The molecule has 3 atom stereocenters. The molecule has 0 spiro atoms. The minimum absolute atomic E-state index is 0.0414. The first-order valence-corrected chi connectivity index (χ1v) is 11.7. The highest BCUT2D eigenvalue weighted by atomic mass is 16.5. The maximum absolute atomic E-state index is 13.2. The minimum atomic E-state index is -0.115. The quantitative estimate of drug-likeness (QED) is 0.619. The van der Waals surface area contributed by atoms with Crippen molar-refractivity contribution in [1.82, 2.24) is 20.0 Å². The molecule has 4 saturated heterocycles. The lowest BCUT2D eigenvalue weighted by Crippen LogP contribution is -2.62. The van der Waals surface area contributed by atoms with Gasteiger partial charge in [0.15, 0.2) is 0 Å². The van der Waals surface area contributed by atoms with E-state index in [1.54, 1.807) is 7.11 Å². The van der Waals surface area contributed by atoms with Crippen LogP contribution >= 0.6 is 0 Å². The van der Waals surface area contributed by atoms with Gasteiger partial charge in [-0.15, -0.1) is 0 Å². The van der Waals surface area contributed by atoms with Gasteiger partial charge in [0, 0.05) is 58.3 Å². The minimum Gasteiger partial charge on any atom is -0.382 e. The van der Waals surface area contributed by atoms with Gasteiger partial charge in [0.25, 0.3) is 0 Å². The molecule has 4 fully saturated rings. The SMILES string of the molecule is COCCOCC(=O)NC1CCN(C(=O)N2CC3CC(C2)[C@H]2CCCC(=O)N2C3)CC1. The molecule has 0 aliphatic carbocycles. The Labute approximate surface area is 184 Å². The van der Waals surface area contributed by atoms with E-state index >= 15 is 0 Å². The fourth-order valence-corrected chi connectivity index (χ4v) is 5.76. The van der Waals surface area contributed by atoms with E-state index in [1.807, 2.05) is 9.80 Å². The van der Waals surface area contributed by atoms with Crippen molar-refractivity contribution in [3.8, 4) is 0 Å². The van der Waals surface area contributed by atoms with Crippen molar-refractivity contribution in [2.24, 2.45) is 11.8 Å². The number of nitrogens with one attached hydrogen (secondary N) is 1. The first-order valence-electron chi connectivity index (χ1n) is 11.7. The zero-order valence-electron chi connectivity index (χ0n) is 18.6. The van der Waals surface area contributed by atoms with Crippen molar-refractivity contribution in [2.45, 2.75) is 50.6 Å². The number of hydrogen-bond donors (Lipinski definition) is 1. The van der Waals surface area contributed by atoms with Crippen molar-refractivity contribution in [3.05, 3.63) is 0 Å². The van der Waals surface area contributed by atoms with Crippen LogP contribution in [0.4, 0.5) is 4.79 Å². The molecule has 1 N–H and O–H groups in total. The first-order chi connectivity index (χ1) is 15.0. The maximum atomic E-state index is 13.2. The van der Waals surface area contributed by atoms with Crippen LogP contribution in [-0.2, 0) is 19.1 Å². The van der Waals surface area contributed by atoms with Crippen LogP contribution < -0.4 is 5.32 Å². The van der Waals surface area contributed by atoms with Crippen LogP contribution in [0.5, 0.6) is 0 Å². The number of likely N-dealkylation sites (tertiary alicyclic amines) is 2. The largest absolute Gasteiger partial charge is 0.382 e. The summed E-state index contributed by atoms with van der Waals surface area (Å²) in [5.74, 6) is 1.00. The average molecular weight is 437 g/mol. The second-order valence-corrected chi connectivity index (χ2v) is 9.43. The molecule has 0 saturated carbocycles. The number of urea groups is 1. The zero-order valence-corrected chi connectivity index (χ0v) is 18.6. The number of amides is 4. The summed E-state index contributed by atoms with van der Waals surface area (Å²) in [5.41, 5.74) is 0. The second kappa shape index (κ2) is 10.2. The van der Waals surface area contributed by atoms with Crippen LogP contribution in [0.2, 0.25) is 0 Å². The Bertz CT molecular complexity index is 666. The van der Waals surface area contributed by atoms with Gasteiger partial charge >= 0.3 is 6.03 Å². The van der Waals surface area contributed by atoms with Crippen LogP contribution in [-0.4, -0.2) is 104 Å². The molecule has 4 rings (SSSR count). The predicted octanol–water partition coefficient (Wildman–Crippen LogP) is 0.683. The molecule has 0 aromatic rings. The molecule has 4 aliphatic heterocycles. The summed E-state index contributed by atoms with van der Waals surface area (Å²) in [5, 5.41) is 3.01. The molecule has 0 aromatic heterocycles. The molecule has 9 nitrogen and oxygen atoms in total. The molecule has 0 aromatic carbocycles. The molecule has 174 valence electrons. The van der Waals surface area contributed by atoms with Gasteiger partial charge < -0.3 is 29.5 Å². The molecule has 4 aliphatic rings. The van der Waals surface area contributed by atoms with Gasteiger partial charge in [0.1, 0.15) is 6.61 Å². The van der Waals surface area contributed by atoms with E-state index in [1.165, 1.54) is 0 Å². The van der Waals surface area contributed by atoms with Gasteiger partial charge in [-0.3, -0.25) is 9.59 Å². The van der Waals surface area contributed by atoms with Gasteiger partial charge in [-0.05, 0) is 43.9 Å². The Kier molecular flexibility index (Phi) is 7.32. The van der Waals surface area contributed by atoms with Crippen molar-refractivity contribution in [1.29, 1.82) is 0 Å². The third-order valence-electron chi connectivity index (χ3n) is 7.25. The molecule has 4 heterocycles. The highest BCUT2D eigenvalue weighted by Gasteiger charge is 2.45. The summed E-state index contributed by atoms with van der Waals surface area (Å²) in [6.07, 6.45) is 5.40. The number of nitrogens with zero attached hydrogens (tertiary/aromatic N) is 3. The fourth-order valence-electron chi connectivity index (χ4n) is 5.76. The van der Waals surface area contributed by atoms with E-state index in [9.17, 15) is 14.4 Å². The van der Waals surface area contributed by atoms with Crippen LogP contribution in [0.3, 0.4) is 0 Å². The molecular weight excluding hydrogens is 400 g/mol. The van der Waals surface area contributed by atoms with Crippen LogP contribution in [0.15, 0.2) is 0 Å². The summed E-state index contributed by atoms with van der Waals surface area (Å²) in [4.78, 5) is 43.6. The van der Waals surface area contributed by atoms with E-state index in [0.29, 0.717) is 56.5 Å². The van der Waals surface area contributed by atoms with E-state index in [-0.39, 0.29) is 24.6 Å². The second-order valence-electron chi connectivity index (χ2n) is 9.43. The van der Waals surface area contributed by atoms with Crippen LogP contribution in [0.25, 0.3) is 0 Å². The van der Waals surface area contributed by atoms with Crippen LogP contribution in [0.1, 0.15) is 38.5 Å². The monoisotopic (exact) mass is 436 g/mol. The third-order valence-corrected chi connectivity index (χ3v) is 7.25. The molecule has 2 unspecified atom stereocenters. The third kappa shape index (κ3) is 5.31. The van der Waals surface area contributed by atoms with E-state index in [0.717, 1.165) is 51.7 Å². The summed E-state index contributed by atoms with van der Waals surface area (Å²) in [6, 6.07) is 0.531. The van der Waals surface area contributed by atoms with Crippen molar-refractivity contribution >= 4 is 17.8 Å². The topological polar surface area (TPSA) is 91.4 Å². The summed E-state index contributed by atoms with van der Waals surface area (Å²) >= 11 is 0. The lowest BCUT2D eigenvalue weighted by Gasteiger charge is -2.53. The summed E-state index contributed by atoms with van der Waals surface area (Å²) < 4.78 is 10.2. The van der Waals surface area contributed by atoms with Gasteiger partial charge in [-0.25, -0.2) is 4.79 Å². The van der Waals surface area contributed by atoms with Gasteiger partial charge in [0.2, 0.25) is 11.8 Å². The van der Waals surface area contributed by atoms with E-state index in [2.05, 4.69) is 10.2 Å². The number of rotatable bonds is 6. The molecule has 2 bridgehead atoms. The van der Waals surface area contributed by atoms with Crippen LogP contribution in [0, 0.1) is 11.8 Å². The molecule has 4 amide bonds. The highest BCUT2D eigenvalue weighted by Crippen LogP contribution is 2.38. The lowest BCUT2D eigenvalue weighted by atomic mass is 9.76. The first kappa shape index (κ1) is 22.3. The maximum Gasteiger partial charge on any atom is 0.320 e. The predicted molar refractivity (Wildman–Crippen MR) is 113 cm³/mol. The number of carbonyl (C=O) groups excluding carboxylic acids is 3. The molecule has 9 heteroatoms. The number of fused-ring (bicyclic) bond motifs is 4. The smallest absolute Gasteiger partial charge is 0.320 e. The highest BCUT2D eigenvalue weighted by molar-refractivity contribution is 5.78. The average Bonchev–Trinajstić information content (AvgIpc) is 2.77. The number of methoxy groups -OCH3 is 1. The Balaban J connectivity index is 1.22. The molecule has 31 heavy (non-hydrogen) atoms. The number of hydrogen-bond acceptors (Lipinski definition) is 5. The summed E-state index contributed by atoms with van der Waals surface area (Å²) in [7, 11) is 1.60. The summed E-state index contributed by atoms with van der Waals surface area (Å²) in [6.45, 7) is 4.57. The standard InChI is InChI=1S/C22H36N4O5/c1-30-9-10-31-15-20(27)23-18-5-7-24(8-6-18)22(29)25-12-16-11-17(14-25)19-3-2-4-21(28)26(19)13-16/h16-19H,2-15H2,1H3,(H,23,27)/t16?,17?,19-/m1/s1. The normalized spacial score (nSPS) is 29.0. The molecule has 0 radical (unpaired) electrons. The van der Waals surface area contributed by atoms with Gasteiger partial charge in [-0.2, -0.15) is 0 Å². The lowest BCUT2D eigenvalue weighted by molar-refractivity contribution is -0.144. The van der Waals surface area contributed by atoms with E-state index < -0.39 is 0 Å². The molecular formula is C22H36N4O5. The number of carbonyl (C=O) groups is 3. The Hall–Kier alpha value is -1.87. The number of piperidine rings is 4. The van der Waals surface area contributed by atoms with Gasteiger partial charge in [-0.1, -0.05) is 0 Å². The van der Waals surface area contributed by atoms with Crippen molar-refractivity contribution < 1.29 is 23.9 Å². The van der Waals surface area contributed by atoms with E-state index in [4.69, 9.17) is 9.47 Å². The Morgan fingerprint density at radius 1 is 1.06 bits per heavy atom. The zero-order chi connectivity index (χ0) is 21.8. The Morgan fingerprint density at radius 2 is 1.87 bits per heavy atom. The Morgan fingerprint density at radius 3 is 2.65 bits per heavy atom. The van der Waals surface area contributed by atoms with Gasteiger partial charge in [0.05, 0.1) is 13.2 Å².